The molecule has 0 radical (unpaired) electrons. The Balaban J connectivity index is 1.98. The van der Waals surface area contributed by atoms with Crippen molar-refractivity contribution in [1.82, 2.24) is 9.80 Å². The van der Waals surface area contributed by atoms with Gasteiger partial charge in [0, 0.05) is 19.1 Å². The highest BCUT2D eigenvalue weighted by molar-refractivity contribution is 5.91. The number of hydrogen-bond acceptors (Lipinski definition) is 3. The van der Waals surface area contributed by atoms with Gasteiger partial charge in [-0.15, -0.1) is 0 Å². The molecule has 1 N–H and O–H groups in total. The van der Waals surface area contributed by atoms with Gasteiger partial charge in [-0.1, -0.05) is 18.7 Å². The topological polar surface area (TPSA) is 44.8 Å². The zero-order valence-electron chi connectivity index (χ0n) is 13.6. The fourth-order valence-corrected chi connectivity index (χ4v) is 2.44. The van der Waals surface area contributed by atoms with Gasteiger partial charge in [-0.05, 0) is 45.1 Å². The summed E-state index contributed by atoms with van der Waals surface area (Å²) in [5.41, 5.74) is 1.64. The standard InChI is InChI=1S/C17H25N3O2/c1-13(2)12-22-16-8-6-5-7-15(16)18-17(21)20-10-9-14(11-20)19(3)4/h5-8,14H,1,9-12H2,2-4H3,(H,18,21)/t14-/m0/s1. The number of likely N-dealkylation sites (N-methyl/N-ethyl adjacent to an activating group) is 1. The highest BCUT2D eigenvalue weighted by atomic mass is 16.5. The number of nitrogens with one attached hydrogen (secondary N) is 1. The zero-order valence-corrected chi connectivity index (χ0v) is 13.6. The maximum absolute atomic E-state index is 12.4. The Morgan fingerprint density at radius 2 is 2.18 bits per heavy atom. The monoisotopic (exact) mass is 303 g/mol. The van der Waals surface area contributed by atoms with Crippen molar-refractivity contribution in [1.29, 1.82) is 0 Å². The lowest BCUT2D eigenvalue weighted by atomic mass is 10.2. The van der Waals surface area contributed by atoms with Crippen LogP contribution in [0.3, 0.4) is 0 Å². The molecule has 0 aliphatic carbocycles. The predicted molar refractivity (Wildman–Crippen MR) is 89.4 cm³/mol. The molecule has 2 rings (SSSR count). The van der Waals surface area contributed by atoms with Crippen LogP contribution in [0, 0.1) is 0 Å². The molecule has 120 valence electrons. The average Bonchev–Trinajstić information content (AvgIpc) is 2.96. The lowest BCUT2D eigenvalue weighted by Crippen LogP contribution is -2.36. The maximum Gasteiger partial charge on any atom is 0.322 e. The maximum atomic E-state index is 12.4. The third-order valence-corrected chi connectivity index (χ3v) is 3.78. The van der Waals surface area contributed by atoms with Crippen LogP contribution in [0.25, 0.3) is 0 Å². The fraction of sp³-hybridized carbons (Fsp3) is 0.471. The zero-order chi connectivity index (χ0) is 16.1. The van der Waals surface area contributed by atoms with Crippen LogP contribution in [0.4, 0.5) is 10.5 Å². The summed E-state index contributed by atoms with van der Waals surface area (Å²) < 4.78 is 5.68. The Kier molecular flexibility index (Phi) is 5.44. The summed E-state index contributed by atoms with van der Waals surface area (Å²) in [5, 5.41) is 2.95. The van der Waals surface area contributed by atoms with Crippen LogP contribution in [0.5, 0.6) is 5.75 Å². The predicted octanol–water partition coefficient (Wildman–Crippen LogP) is 2.81. The van der Waals surface area contributed by atoms with Crippen molar-refractivity contribution in [3.63, 3.8) is 0 Å². The number of nitrogens with zero attached hydrogens (tertiary/aromatic N) is 2. The second kappa shape index (κ2) is 7.31. The van der Waals surface area contributed by atoms with Gasteiger partial charge in [-0.2, -0.15) is 0 Å². The summed E-state index contributed by atoms with van der Waals surface area (Å²) >= 11 is 0. The third kappa shape index (κ3) is 4.24. The van der Waals surface area contributed by atoms with Crippen molar-refractivity contribution in [3.05, 3.63) is 36.4 Å². The van der Waals surface area contributed by atoms with Gasteiger partial charge in [0.1, 0.15) is 12.4 Å². The number of carbonyl (C=O) groups excluding carboxylic acids is 1. The lowest BCUT2D eigenvalue weighted by Gasteiger charge is -2.21. The lowest BCUT2D eigenvalue weighted by molar-refractivity contribution is 0.216. The van der Waals surface area contributed by atoms with Gasteiger partial charge in [-0.3, -0.25) is 0 Å². The van der Waals surface area contributed by atoms with Crippen LogP contribution in [-0.2, 0) is 0 Å². The number of para-hydroxylation sites is 2. The molecule has 1 aliphatic heterocycles. The van der Waals surface area contributed by atoms with Crippen LogP contribution in [0.1, 0.15) is 13.3 Å². The molecule has 1 fully saturated rings. The number of hydrogen-bond donors (Lipinski definition) is 1. The molecule has 0 saturated carbocycles. The van der Waals surface area contributed by atoms with E-state index >= 15 is 0 Å². The van der Waals surface area contributed by atoms with Gasteiger partial charge in [-0.25, -0.2) is 4.79 Å². The number of likely N-dealkylation sites (tertiary alicyclic amines) is 1. The Hall–Kier alpha value is -2.01. The van der Waals surface area contributed by atoms with Gasteiger partial charge in [0.05, 0.1) is 5.69 Å². The second-order valence-corrected chi connectivity index (χ2v) is 6.02. The van der Waals surface area contributed by atoms with Crippen molar-refractivity contribution in [2.75, 3.05) is 39.1 Å². The normalized spacial score (nSPS) is 17.6. The van der Waals surface area contributed by atoms with E-state index < -0.39 is 0 Å². The summed E-state index contributed by atoms with van der Waals surface area (Å²) in [6.07, 6.45) is 1.01. The van der Waals surface area contributed by atoms with Crippen LogP contribution >= 0.6 is 0 Å². The van der Waals surface area contributed by atoms with E-state index in [0.29, 0.717) is 24.1 Å². The summed E-state index contributed by atoms with van der Waals surface area (Å²) in [4.78, 5) is 16.4. The molecule has 2 amide bonds. The minimum Gasteiger partial charge on any atom is -0.487 e. The Bertz CT molecular complexity index is 542. The third-order valence-electron chi connectivity index (χ3n) is 3.78. The molecule has 1 aromatic rings. The van der Waals surface area contributed by atoms with Crippen LogP contribution in [0.15, 0.2) is 36.4 Å². The second-order valence-electron chi connectivity index (χ2n) is 6.02. The van der Waals surface area contributed by atoms with E-state index in [-0.39, 0.29) is 6.03 Å². The molecule has 0 aromatic heterocycles. The molecule has 0 spiro atoms. The smallest absolute Gasteiger partial charge is 0.322 e. The molecule has 0 bridgehead atoms. The van der Waals surface area contributed by atoms with Gasteiger partial charge in [0.15, 0.2) is 0 Å². The highest BCUT2D eigenvalue weighted by Gasteiger charge is 2.27. The molecule has 0 unspecified atom stereocenters. The first-order valence-electron chi connectivity index (χ1n) is 7.56. The average molecular weight is 303 g/mol. The fourth-order valence-electron chi connectivity index (χ4n) is 2.44. The number of amides is 2. The molecular formula is C17H25N3O2. The first kappa shape index (κ1) is 16.4. The van der Waals surface area contributed by atoms with Crippen molar-refractivity contribution < 1.29 is 9.53 Å². The molecular weight excluding hydrogens is 278 g/mol. The van der Waals surface area contributed by atoms with E-state index in [1.165, 1.54) is 0 Å². The molecule has 1 atom stereocenters. The summed E-state index contributed by atoms with van der Waals surface area (Å²) in [5.74, 6) is 0.669. The Labute approximate surface area is 132 Å². The number of urea groups is 1. The summed E-state index contributed by atoms with van der Waals surface area (Å²) in [6.45, 7) is 7.72. The molecule has 5 nitrogen and oxygen atoms in total. The largest absolute Gasteiger partial charge is 0.487 e. The Morgan fingerprint density at radius 1 is 1.45 bits per heavy atom. The van der Waals surface area contributed by atoms with E-state index in [1.807, 2.05) is 50.2 Å². The molecule has 22 heavy (non-hydrogen) atoms. The minimum atomic E-state index is -0.0734. The minimum absolute atomic E-state index is 0.0734. The number of rotatable bonds is 5. The first-order valence-corrected chi connectivity index (χ1v) is 7.56. The summed E-state index contributed by atoms with van der Waals surface area (Å²) in [7, 11) is 4.10. The summed E-state index contributed by atoms with van der Waals surface area (Å²) in [6, 6.07) is 7.84. The molecule has 5 heteroatoms. The number of carbonyl (C=O) groups is 1. The van der Waals surface area contributed by atoms with Crippen LogP contribution in [0.2, 0.25) is 0 Å². The van der Waals surface area contributed by atoms with E-state index in [4.69, 9.17) is 4.74 Å². The van der Waals surface area contributed by atoms with E-state index in [2.05, 4.69) is 16.8 Å². The van der Waals surface area contributed by atoms with Crippen molar-refractivity contribution in [2.45, 2.75) is 19.4 Å². The van der Waals surface area contributed by atoms with Crippen molar-refractivity contribution >= 4 is 11.7 Å². The number of ether oxygens (including phenoxy) is 1. The van der Waals surface area contributed by atoms with Crippen molar-refractivity contribution in [3.8, 4) is 5.75 Å². The highest BCUT2D eigenvalue weighted by Crippen LogP contribution is 2.25. The first-order chi connectivity index (χ1) is 10.5. The van der Waals surface area contributed by atoms with Gasteiger partial charge in [0.2, 0.25) is 0 Å². The molecule has 1 aromatic carbocycles. The van der Waals surface area contributed by atoms with Gasteiger partial charge in [0.25, 0.3) is 0 Å². The van der Waals surface area contributed by atoms with E-state index in [9.17, 15) is 4.79 Å². The van der Waals surface area contributed by atoms with Gasteiger partial charge < -0.3 is 19.9 Å². The number of benzene rings is 1. The van der Waals surface area contributed by atoms with Gasteiger partial charge >= 0.3 is 6.03 Å². The molecule has 1 saturated heterocycles. The Morgan fingerprint density at radius 3 is 2.82 bits per heavy atom. The SMILES string of the molecule is C=C(C)COc1ccccc1NC(=O)N1CC[C@H](N(C)C)C1. The molecule has 1 heterocycles. The van der Waals surface area contributed by atoms with Crippen molar-refractivity contribution in [2.24, 2.45) is 0 Å². The number of anilines is 1. The van der Waals surface area contributed by atoms with E-state index in [0.717, 1.165) is 25.1 Å². The van der Waals surface area contributed by atoms with Crippen LogP contribution in [-0.4, -0.2) is 55.7 Å². The van der Waals surface area contributed by atoms with Crippen LogP contribution < -0.4 is 10.1 Å². The van der Waals surface area contributed by atoms with E-state index in [1.54, 1.807) is 0 Å². The quantitative estimate of drug-likeness (QED) is 0.851. The molecule has 1 aliphatic rings.